The third-order valence-electron chi connectivity index (χ3n) is 5.58. The number of carbonyl (C=O) groups is 1. The summed E-state index contributed by atoms with van der Waals surface area (Å²) in [5.74, 6) is 1.33. The van der Waals surface area contributed by atoms with Crippen molar-refractivity contribution < 1.29 is 14.3 Å². The number of hydrogen-bond donors (Lipinski definition) is 1. The Morgan fingerprint density at radius 1 is 1.03 bits per heavy atom. The summed E-state index contributed by atoms with van der Waals surface area (Å²) in [5.41, 5.74) is 3.34. The van der Waals surface area contributed by atoms with Gasteiger partial charge in [0.1, 0.15) is 0 Å². The minimum Gasteiger partial charge on any atom is -0.493 e. The van der Waals surface area contributed by atoms with Gasteiger partial charge in [0.05, 0.1) is 24.4 Å². The molecular formula is C23H28N4O3S. The molecule has 0 bridgehead atoms. The van der Waals surface area contributed by atoms with Crippen molar-refractivity contribution in [3.63, 3.8) is 0 Å². The average molecular weight is 441 g/mol. The minimum absolute atomic E-state index is 0.0497. The fourth-order valence-corrected chi connectivity index (χ4v) is 4.77. The second-order valence-corrected chi connectivity index (χ2v) is 8.48. The van der Waals surface area contributed by atoms with Crippen LogP contribution < -0.4 is 19.7 Å². The molecule has 1 aliphatic heterocycles. The van der Waals surface area contributed by atoms with E-state index >= 15 is 0 Å². The van der Waals surface area contributed by atoms with Crippen molar-refractivity contribution in [2.75, 3.05) is 45.3 Å². The maximum absolute atomic E-state index is 12.6. The standard InChI is InChI=1S/C23H28N4O3S/c1-4-16-5-7-18-21(14-16)31-23(25-18)27-11-9-26(10-12-27)22(28)24-15-17-6-8-19(29-2)20(13-17)30-3/h5-8,13-14H,4,9-12,15H2,1-3H3,(H,24,28). The molecule has 1 aromatic heterocycles. The summed E-state index contributed by atoms with van der Waals surface area (Å²) in [6.45, 7) is 5.52. The quantitative estimate of drug-likeness (QED) is 0.630. The van der Waals surface area contributed by atoms with Gasteiger partial charge in [-0.2, -0.15) is 0 Å². The van der Waals surface area contributed by atoms with Crippen molar-refractivity contribution in [3.8, 4) is 11.5 Å². The van der Waals surface area contributed by atoms with E-state index in [1.54, 1.807) is 25.6 Å². The van der Waals surface area contributed by atoms with Crippen LogP contribution in [-0.2, 0) is 13.0 Å². The second-order valence-electron chi connectivity index (χ2n) is 7.47. The van der Waals surface area contributed by atoms with Crippen molar-refractivity contribution in [3.05, 3.63) is 47.5 Å². The molecule has 2 aromatic carbocycles. The second kappa shape index (κ2) is 9.43. The molecule has 8 heteroatoms. The lowest BCUT2D eigenvalue weighted by molar-refractivity contribution is 0.194. The number of urea groups is 1. The molecule has 1 aliphatic rings. The molecule has 1 fully saturated rings. The van der Waals surface area contributed by atoms with E-state index in [-0.39, 0.29) is 6.03 Å². The van der Waals surface area contributed by atoms with Crippen LogP contribution in [0.15, 0.2) is 36.4 Å². The zero-order valence-corrected chi connectivity index (χ0v) is 19.0. The molecule has 0 aliphatic carbocycles. The Balaban J connectivity index is 1.32. The number of benzene rings is 2. The van der Waals surface area contributed by atoms with Crippen LogP contribution in [0, 0.1) is 0 Å². The molecule has 0 saturated carbocycles. The van der Waals surface area contributed by atoms with Gasteiger partial charge in [-0.15, -0.1) is 0 Å². The summed E-state index contributed by atoms with van der Waals surface area (Å²) < 4.78 is 11.8. The molecule has 2 amide bonds. The van der Waals surface area contributed by atoms with Crippen molar-refractivity contribution in [2.24, 2.45) is 0 Å². The Bertz CT molecular complexity index is 1060. The predicted octanol–water partition coefficient (Wildman–Crippen LogP) is 3.91. The van der Waals surface area contributed by atoms with Gasteiger partial charge in [0.15, 0.2) is 16.6 Å². The number of amides is 2. The molecule has 2 heterocycles. The third-order valence-corrected chi connectivity index (χ3v) is 6.66. The fraction of sp³-hybridized carbons (Fsp3) is 0.391. The van der Waals surface area contributed by atoms with Crippen LogP contribution in [0.1, 0.15) is 18.1 Å². The highest BCUT2D eigenvalue weighted by Gasteiger charge is 2.23. The molecule has 1 saturated heterocycles. The summed E-state index contributed by atoms with van der Waals surface area (Å²) in [4.78, 5) is 21.6. The molecule has 7 nitrogen and oxygen atoms in total. The van der Waals surface area contributed by atoms with Gasteiger partial charge in [-0.3, -0.25) is 0 Å². The van der Waals surface area contributed by atoms with Crippen LogP contribution in [0.2, 0.25) is 0 Å². The Labute approximate surface area is 186 Å². The molecular weight excluding hydrogens is 412 g/mol. The molecule has 31 heavy (non-hydrogen) atoms. The van der Waals surface area contributed by atoms with Gasteiger partial charge in [-0.05, 0) is 41.8 Å². The van der Waals surface area contributed by atoms with Crippen LogP contribution in [0.4, 0.5) is 9.93 Å². The number of thiazole rings is 1. The normalized spacial score (nSPS) is 14.0. The van der Waals surface area contributed by atoms with Gasteiger partial charge >= 0.3 is 6.03 Å². The van der Waals surface area contributed by atoms with Crippen molar-refractivity contribution >= 4 is 32.7 Å². The van der Waals surface area contributed by atoms with Gasteiger partial charge in [-0.1, -0.05) is 30.4 Å². The number of rotatable bonds is 6. The highest BCUT2D eigenvalue weighted by atomic mass is 32.1. The Hall–Kier alpha value is -3.00. The highest BCUT2D eigenvalue weighted by Crippen LogP contribution is 2.30. The van der Waals surface area contributed by atoms with Gasteiger partial charge in [0.25, 0.3) is 0 Å². The topological polar surface area (TPSA) is 66.9 Å². The van der Waals surface area contributed by atoms with Gasteiger partial charge in [0.2, 0.25) is 0 Å². The summed E-state index contributed by atoms with van der Waals surface area (Å²) >= 11 is 1.73. The summed E-state index contributed by atoms with van der Waals surface area (Å²) in [6.07, 6.45) is 1.03. The molecule has 1 N–H and O–H groups in total. The zero-order valence-electron chi connectivity index (χ0n) is 18.2. The van der Waals surface area contributed by atoms with Gasteiger partial charge in [-0.25, -0.2) is 9.78 Å². The van der Waals surface area contributed by atoms with E-state index in [9.17, 15) is 4.79 Å². The molecule has 0 spiro atoms. The number of anilines is 1. The monoisotopic (exact) mass is 440 g/mol. The van der Waals surface area contributed by atoms with Crippen LogP contribution in [-0.4, -0.2) is 56.3 Å². The minimum atomic E-state index is -0.0497. The van der Waals surface area contributed by atoms with E-state index in [0.717, 1.165) is 35.7 Å². The Morgan fingerprint density at radius 2 is 1.77 bits per heavy atom. The largest absolute Gasteiger partial charge is 0.493 e. The lowest BCUT2D eigenvalue weighted by Gasteiger charge is -2.34. The first-order valence-corrected chi connectivity index (χ1v) is 11.3. The average Bonchev–Trinajstić information content (AvgIpc) is 3.25. The summed E-state index contributed by atoms with van der Waals surface area (Å²) in [6, 6.07) is 12.1. The van der Waals surface area contributed by atoms with E-state index in [0.29, 0.717) is 31.1 Å². The number of hydrogen-bond acceptors (Lipinski definition) is 6. The van der Waals surface area contributed by atoms with Crippen LogP contribution in [0.3, 0.4) is 0 Å². The molecule has 4 rings (SSSR count). The Morgan fingerprint density at radius 3 is 2.48 bits per heavy atom. The molecule has 3 aromatic rings. The number of nitrogens with zero attached hydrogens (tertiary/aromatic N) is 3. The maximum Gasteiger partial charge on any atom is 0.317 e. The first-order chi connectivity index (χ1) is 15.1. The molecule has 164 valence electrons. The van der Waals surface area contributed by atoms with Gasteiger partial charge in [0, 0.05) is 32.7 Å². The van der Waals surface area contributed by atoms with Crippen molar-refractivity contribution in [2.45, 2.75) is 19.9 Å². The number of carbonyl (C=O) groups excluding carboxylic acids is 1. The van der Waals surface area contributed by atoms with Crippen LogP contribution >= 0.6 is 11.3 Å². The van der Waals surface area contributed by atoms with E-state index < -0.39 is 0 Å². The molecule has 0 atom stereocenters. The zero-order chi connectivity index (χ0) is 21.8. The lowest BCUT2D eigenvalue weighted by Crippen LogP contribution is -2.51. The number of methoxy groups -OCH3 is 2. The molecule has 0 unspecified atom stereocenters. The number of ether oxygens (including phenoxy) is 2. The first-order valence-electron chi connectivity index (χ1n) is 10.5. The summed E-state index contributed by atoms with van der Waals surface area (Å²) in [7, 11) is 3.21. The van der Waals surface area contributed by atoms with E-state index in [1.807, 2.05) is 23.1 Å². The van der Waals surface area contributed by atoms with E-state index in [2.05, 4.69) is 35.3 Å². The number of fused-ring (bicyclic) bond motifs is 1. The van der Waals surface area contributed by atoms with Crippen molar-refractivity contribution in [1.82, 2.24) is 15.2 Å². The number of aromatic nitrogens is 1. The molecule has 0 radical (unpaired) electrons. The fourth-order valence-electron chi connectivity index (χ4n) is 3.69. The lowest BCUT2D eigenvalue weighted by atomic mass is 10.2. The highest BCUT2D eigenvalue weighted by molar-refractivity contribution is 7.22. The van der Waals surface area contributed by atoms with E-state index in [4.69, 9.17) is 14.5 Å². The van der Waals surface area contributed by atoms with Crippen LogP contribution in [0.25, 0.3) is 10.2 Å². The smallest absolute Gasteiger partial charge is 0.317 e. The Kier molecular flexibility index (Phi) is 6.46. The number of aryl methyl sites for hydroxylation is 1. The third kappa shape index (κ3) is 4.69. The van der Waals surface area contributed by atoms with E-state index in [1.165, 1.54) is 10.3 Å². The maximum atomic E-state index is 12.6. The number of piperazine rings is 1. The predicted molar refractivity (Wildman–Crippen MR) is 125 cm³/mol. The summed E-state index contributed by atoms with van der Waals surface area (Å²) in [5, 5.41) is 4.04. The van der Waals surface area contributed by atoms with Crippen molar-refractivity contribution in [1.29, 1.82) is 0 Å². The van der Waals surface area contributed by atoms with Crippen LogP contribution in [0.5, 0.6) is 11.5 Å². The SMILES string of the molecule is CCc1ccc2nc(N3CCN(C(=O)NCc4ccc(OC)c(OC)c4)CC3)sc2c1. The first kappa shape index (κ1) is 21.2. The van der Waals surface area contributed by atoms with Gasteiger partial charge < -0.3 is 24.6 Å². The number of nitrogens with one attached hydrogen (secondary N) is 1.